The van der Waals surface area contributed by atoms with Crippen molar-refractivity contribution in [2.24, 2.45) is 0 Å². The molecule has 0 radical (unpaired) electrons. The zero-order valence-corrected chi connectivity index (χ0v) is 5.65. The zero-order valence-electron chi connectivity index (χ0n) is 5.65. The molecule has 0 atom stereocenters. The van der Waals surface area contributed by atoms with E-state index in [0.717, 1.165) is 12.1 Å². The van der Waals surface area contributed by atoms with E-state index >= 15 is 0 Å². The van der Waals surface area contributed by atoms with Gasteiger partial charge in [0.05, 0.1) is 0 Å². The van der Waals surface area contributed by atoms with Crippen molar-refractivity contribution < 1.29 is 0 Å². The third-order valence-electron chi connectivity index (χ3n) is 1.33. The topological polar surface area (TPSA) is 12.0 Å². The van der Waals surface area contributed by atoms with Gasteiger partial charge in [0.25, 0.3) is 0 Å². The van der Waals surface area contributed by atoms with Gasteiger partial charge in [-0.1, -0.05) is 12.7 Å². The first-order chi connectivity index (χ1) is 4.33. The van der Waals surface area contributed by atoms with E-state index in [2.05, 4.69) is 30.1 Å². The highest BCUT2D eigenvalue weighted by atomic mass is 14.8. The van der Waals surface area contributed by atoms with E-state index in [1.165, 1.54) is 5.57 Å². The molecular weight excluding hydrogens is 110 g/mol. The molecule has 1 aliphatic carbocycles. The molecule has 1 nitrogen and oxygen atoms in total. The van der Waals surface area contributed by atoms with Crippen molar-refractivity contribution in [3.8, 4) is 0 Å². The first-order valence-electron chi connectivity index (χ1n) is 3.06. The summed E-state index contributed by atoms with van der Waals surface area (Å²) in [5, 5.41) is 3.05. The van der Waals surface area contributed by atoms with E-state index in [4.69, 9.17) is 0 Å². The lowest BCUT2D eigenvalue weighted by molar-refractivity contribution is 1.01. The van der Waals surface area contributed by atoms with Gasteiger partial charge in [0, 0.05) is 12.7 Å². The van der Waals surface area contributed by atoms with Crippen LogP contribution in [-0.2, 0) is 0 Å². The lowest BCUT2D eigenvalue weighted by Crippen LogP contribution is -2.04. The van der Waals surface area contributed by atoms with Crippen LogP contribution in [0, 0.1) is 0 Å². The minimum atomic E-state index is 0.991. The summed E-state index contributed by atoms with van der Waals surface area (Å²) in [7, 11) is 1.91. The Kier molecular flexibility index (Phi) is 1.73. The Morgan fingerprint density at radius 1 is 1.67 bits per heavy atom. The molecule has 48 valence electrons. The van der Waals surface area contributed by atoms with E-state index in [1.54, 1.807) is 0 Å². The minimum absolute atomic E-state index is 0.991. The quantitative estimate of drug-likeness (QED) is 0.555. The first-order valence-corrected chi connectivity index (χ1v) is 3.06. The van der Waals surface area contributed by atoms with E-state index in [1.807, 2.05) is 7.05 Å². The molecule has 0 aromatic heterocycles. The number of hydrogen-bond acceptors (Lipinski definition) is 1. The van der Waals surface area contributed by atoms with Crippen LogP contribution in [0.25, 0.3) is 0 Å². The van der Waals surface area contributed by atoms with Gasteiger partial charge in [0.1, 0.15) is 0 Å². The van der Waals surface area contributed by atoms with Gasteiger partial charge in [0.15, 0.2) is 0 Å². The monoisotopic (exact) mass is 121 g/mol. The largest absolute Gasteiger partial charge is 0.388 e. The van der Waals surface area contributed by atoms with Crippen LogP contribution < -0.4 is 5.32 Å². The molecule has 1 heteroatoms. The molecule has 0 aromatic carbocycles. The summed E-state index contributed by atoms with van der Waals surface area (Å²) in [5.74, 6) is 0. The van der Waals surface area contributed by atoms with Crippen molar-refractivity contribution in [1.29, 1.82) is 0 Å². The summed E-state index contributed by atoms with van der Waals surface area (Å²) in [6, 6.07) is 0. The van der Waals surface area contributed by atoms with E-state index in [9.17, 15) is 0 Å². The number of allylic oxidation sites excluding steroid dienone is 4. The van der Waals surface area contributed by atoms with Crippen LogP contribution in [0.2, 0.25) is 0 Å². The molecule has 0 aromatic rings. The Morgan fingerprint density at radius 3 is 2.89 bits per heavy atom. The number of rotatable bonds is 1. The fourth-order valence-corrected chi connectivity index (χ4v) is 0.820. The summed E-state index contributed by atoms with van der Waals surface area (Å²) < 4.78 is 0. The molecule has 0 saturated heterocycles. The Bertz CT molecular complexity index is 175. The van der Waals surface area contributed by atoms with Gasteiger partial charge in [-0.3, -0.25) is 0 Å². The Morgan fingerprint density at radius 2 is 2.44 bits per heavy atom. The lowest BCUT2D eigenvalue weighted by atomic mass is 10.1. The number of nitrogens with one attached hydrogen (secondary N) is 1. The van der Waals surface area contributed by atoms with Gasteiger partial charge in [-0.2, -0.15) is 0 Å². The minimum Gasteiger partial charge on any atom is -0.388 e. The van der Waals surface area contributed by atoms with Crippen molar-refractivity contribution >= 4 is 0 Å². The van der Waals surface area contributed by atoms with Crippen LogP contribution in [-0.4, -0.2) is 7.05 Å². The molecular formula is C8H11N. The number of hydrogen-bond donors (Lipinski definition) is 1. The van der Waals surface area contributed by atoms with Crippen molar-refractivity contribution in [2.75, 3.05) is 7.05 Å². The predicted molar refractivity (Wildman–Crippen MR) is 40.0 cm³/mol. The van der Waals surface area contributed by atoms with Crippen LogP contribution in [0.1, 0.15) is 6.42 Å². The van der Waals surface area contributed by atoms with Crippen LogP contribution in [0.15, 0.2) is 36.1 Å². The predicted octanol–water partition coefficient (Wildman–Crippen LogP) is 1.61. The molecule has 9 heavy (non-hydrogen) atoms. The Labute approximate surface area is 55.8 Å². The second-order valence-electron chi connectivity index (χ2n) is 2.11. The fourth-order valence-electron chi connectivity index (χ4n) is 0.820. The second kappa shape index (κ2) is 2.53. The molecule has 0 heterocycles. The maximum absolute atomic E-state index is 3.84. The maximum atomic E-state index is 3.84. The molecule has 0 fully saturated rings. The maximum Gasteiger partial charge on any atom is 0.0337 e. The van der Waals surface area contributed by atoms with Crippen LogP contribution in [0.4, 0.5) is 0 Å². The summed E-state index contributed by atoms with van der Waals surface area (Å²) in [6.45, 7) is 3.84. The van der Waals surface area contributed by atoms with Gasteiger partial charge < -0.3 is 5.32 Å². The fraction of sp³-hybridized carbons (Fsp3) is 0.250. The highest BCUT2D eigenvalue weighted by Crippen LogP contribution is 2.10. The normalized spacial score (nSPS) is 17.4. The van der Waals surface area contributed by atoms with Crippen molar-refractivity contribution in [1.82, 2.24) is 5.32 Å². The standard InChI is InChI=1S/C8H11N/c1-7-4-3-5-8(6-7)9-2/h3,5-6,9H,1,4H2,2H3. The lowest BCUT2D eigenvalue weighted by Gasteiger charge is -2.06. The summed E-state index contributed by atoms with van der Waals surface area (Å²) >= 11 is 0. The molecule has 0 amide bonds. The third-order valence-corrected chi connectivity index (χ3v) is 1.33. The molecule has 0 unspecified atom stereocenters. The Balaban J connectivity index is 2.70. The smallest absolute Gasteiger partial charge is 0.0337 e. The van der Waals surface area contributed by atoms with E-state index in [0.29, 0.717) is 0 Å². The molecule has 1 aliphatic rings. The zero-order chi connectivity index (χ0) is 6.69. The molecule has 0 saturated carbocycles. The summed E-state index contributed by atoms with van der Waals surface area (Å²) in [6.07, 6.45) is 7.22. The van der Waals surface area contributed by atoms with Gasteiger partial charge in [0.2, 0.25) is 0 Å². The molecule has 1 N–H and O–H groups in total. The van der Waals surface area contributed by atoms with Crippen molar-refractivity contribution in [3.05, 3.63) is 36.1 Å². The summed E-state index contributed by atoms with van der Waals surface area (Å²) in [5.41, 5.74) is 2.31. The van der Waals surface area contributed by atoms with Crippen LogP contribution in [0.3, 0.4) is 0 Å². The molecule has 0 spiro atoms. The highest BCUT2D eigenvalue weighted by Gasteiger charge is 1.94. The van der Waals surface area contributed by atoms with E-state index in [-0.39, 0.29) is 0 Å². The van der Waals surface area contributed by atoms with Gasteiger partial charge in [-0.05, 0) is 24.1 Å². The first kappa shape index (κ1) is 6.14. The van der Waals surface area contributed by atoms with Crippen LogP contribution in [0.5, 0.6) is 0 Å². The van der Waals surface area contributed by atoms with Crippen molar-refractivity contribution in [2.45, 2.75) is 6.42 Å². The van der Waals surface area contributed by atoms with Crippen LogP contribution >= 0.6 is 0 Å². The second-order valence-corrected chi connectivity index (χ2v) is 2.11. The molecule has 1 rings (SSSR count). The average Bonchev–Trinajstić information content (AvgIpc) is 1.88. The molecule has 0 bridgehead atoms. The van der Waals surface area contributed by atoms with E-state index < -0.39 is 0 Å². The van der Waals surface area contributed by atoms with Gasteiger partial charge in [-0.25, -0.2) is 0 Å². The van der Waals surface area contributed by atoms with Gasteiger partial charge in [-0.15, -0.1) is 0 Å². The highest BCUT2D eigenvalue weighted by molar-refractivity contribution is 5.33. The van der Waals surface area contributed by atoms with Gasteiger partial charge >= 0.3 is 0 Å². The molecule has 0 aliphatic heterocycles. The third kappa shape index (κ3) is 1.46. The number of likely N-dealkylation sites (N-methyl/N-ethyl adjacent to an activating group) is 1. The summed E-state index contributed by atoms with van der Waals surface area (Å²) in [4.78, 5) is 0. The Hall–Kier alpha value is -0.980. The van der Waals surface area contributed by atoms with Crippen molar-refractivity contribution in [3.63, 3.8) is 0 Å². The average molecular weight is 121 g/mol. The SMILES string of the molecule is C=C1C=C(NC)C=CC1.